The lowest BCUT2D eigenvalue weighted by atomic mass is 9.79. The fraction of sp³-hybridized carbons (Fsp3) is 0.0769. The molecule has 1 aliphatic rings. The predicted octanol–water partition coefficient (Wildman–Crippen LogP) is 2.16. The van der Waals surface area contributed by atoms with Crippen molar-refractivity contribution in [2.45, 2.75) is 11.5 Å². The fourth-order valence-corrected chi connectivity index (χ4v) is 2.59. The van der Waals surface area contributed by atoms with E-state index >= 15 is 0 Å². The van der Waals surface area contributed by atoms with Gasteiger partial charge in [-0.25, -0.2) is 4.39 Å². The number of benzene rings is 2. The largest absolute Gasteiger partial charge is 0.491 e. The van der Waals surface area contributed by atoms with E-state index in [4.69, 9.17) is 4.65 Å². The van der Waals surface area contributed by atoms with Crippen molar-refractivity contribution in [1.82, 2.24) is 0 Å². The smallest absolute Gasteiger partial charge is 0.423 e. The minimum atomic E-state index is -0.866. The third-order valence-corrected chi connectivity index (χ3v) is 3.81. The molecule has 0 aliphatic carbocycles. The molecule has 2 aromatic carbocycles. The zero-order valence-electron chi connectivity index (χ0n) is 9.97. The van der Waals surface area contributed by atoms with Crippen molar-refractivity contribution in [3.63, 3.8) is 0 Å². The van der Waals surface area contributed by atoms with Gasteiger partial charge < -0.3 is 14.4 Å². The van der Waals surface area contributed by atoms with Crippen LogP contribution in [0.25, 0.3) is 0 Å². The first kappa shape index (κ1) is 12.5. The van der Waals surface area contributed by atoms with Gasteiger partial charge in [-0.2, -0.15) is 0 Å². The van der Waals surface area contributed by atoms with Gasteiger partial charge in [0.05, 0.1) is 11.5 Å². The van der Waals surface area contributed by atoms with Crippen LogP contribution in [0.2, 0.25) is 0 Å². The van der Waals surface area contributed by atoms with E-state index in [-0.39, 0.29) is 5.82 Å². The Labute approximate surface area is 115 Å². The zero-order valence-corrected chi connectivity index (χ0v) is 10.8. The van der Waals surface area contributed by atoms with Gasteiger partial charge in [0.15, 0.2) is 0 Å². The van der Waals surface area contributed by atoms with Crippen LogP contribution in [0.4, 0.5) is 10.1 Å². The molecule has 0 atom stereocenters. The summed E-state index contributed by atoms with van der Waals surface area (Å²) < 4.78 is 21.6. The van der Waals surface area contributed by atoms with Crippen LogP contribution in [0.3, 0.4) is 0 Å². The highest BCUT2D eigenvalue weighted by Gasteiger charge is 2.27. The van der Waals surface area contributed by atoms with Crippen LogP contribution in [0.15, 0.2) is 47.4 Å². The molecule has 0 bridgehead atoms. The van der Waals surface area contributed by atoms with Crippen molar-refractivity contribution in [1.29, 1.82) is 0 Å². The zero-order chi connectivity index (χ0) is 13.2. The lowest BCUT2D eigenvalue weighted by Gasteiger charge is -2.08. The average Bonchev–Trinajstić information content (AvgIpc) is 2.79. The van der Waals surface area contributed by atoms with Crippen LogP contribution in [-0.2, 0) is 11.3 Å². The van der Waals surface area contributed by atoms with Gasteiger partial charge in [-0.1, -0.05) is 18.2 Å². The van der Waals surface area contributed by atoms with E-state index in [9.17, 15) is 9.41 Å². The maximum atomic E-state index is 13.5. The molecule has 0 amide bonds. The van der Waals surface area contributed by atoms with E-state index in [1.807, 2.05) is 18.2 Å². The Bertz CT molecular complexity index is 611. The van der Waals surface area contributed by atoms with E-state index in [0.29, 0.717) is 11.5 Å². The average molecular weight is 275 g/mol. The fourth-order valence-electron chi connectivity index (χ4n) is 1.92. The number of hydrogen-bond donors (Lipinski definition) is 2. The summed E-state index contributed by atoms with van der Waals surface area (Å²) >= 11 is 1.20. The van der Waals surface area contributed by atoms with Gasteiger partial charge in [0.25, 0.3) is 0 Å². The predicted molar refractivity (Wildman–Crippen MR) is 74.7 cm³/mol. The van der Waals surface area contributed by atoms with Crippen molar-refractivity contribution in [2.24, 2.45) is 0 Å². The molecular formula is C13H11BFNO2S. The molecular weight excluding hydrogens is 264 g/mol. The summed E-state index contributed by atoms with van der Waals surface area (Å²) in [7, 11) is -0.866. The van der Waals surface area contributed by atoms with Crippen LogP contribution >= 0.6 is 11.9 Å². The van der Waals surface area contributed by atoms with Crippen LogP contribution in [0.1, 0.15) is 5.56 Å². The van der Waals surface area contributed by atoms with Gasteiger partial charge in [-0.15, -0.1) is 0 Å². The van der Waals surface area contributed by atoms with Crippen LogP contribution in [-0.4, -0.2) is 12.1 Å². The highest BCUT2D eigenvalue weighted by Crippen LogP contribution is 2.24. The van der Waals surface area contributed by atoms with Gasteiger partial charge in [0, 0.05) is 5.69 Å². The number of halogens is 1. The molecule has 19 heavy (non-hydrogen) atoms. The highest BCUT2D eigenvalue weighted by molar-refractivity contribution is 8.00. The van der Waals surface area contributed by atoms with Crippen molar-refractivity contribution in [3.8, 4) is 0 Å². The minimum absolute atomic E-state index is 0.260. The lowest BCUT2D eigenvalue weighted by Crippen LogP contribution is -2.28. The van der Waals surface area contributed by atoms with Crippen molar-refractivity contribution in [3.05, 3.63) is 53.8 Å². The van der Waals surface area contributed by atoms with Gasteiger partial charge in [0.2, 0.25) is 0 Å². The Morgan fingerprint density at radius 3 is 2.95 bits per heavy atom. The van der Waals surface area contributed by atoms with Crippen molar-refractivity contribution < 1.29 is 14.1 Å². The molecule has 3 nitrogen and oxygen atoms in total. The maximum absolute atomic E-state index is 13.5. The molecule has 2 N–H and O–H groups in total. The second kappa shape index (κ2) is 5.24. The van der Waals surface area contributed by atoms with Crippen LogP contribution in [0.5, 0.6) is 0 Å². The molecule has 0 spiro atoms. The van der Waals surface area contributed by atoms with E-state index in [1.54, 1.807) is 18.2 Å². The molecule has 1 heterocycles. The molecule has 1 aliphatic heterocycles. The monoisotopic (exact) mass is 275 g/mol. The second-order valence-electron chi connectivity index (χ2n) is 4.21. The Morgan fingerprint density at radius 1 is 1.26 bits per heavy atom. The summed E-state index contributed by atoms with van der Waals surface area (Å²) in [5.74, 6) is -0.260. The van der Waals surface area contributed by atoms with Crippen molar-refractivity contribution in [2.75, 3.05) is 4.72 Å². The maximum Gasteiger partial charge on any atom is 0.491 e. The molecule has 0 radical (unpaired) electrons. The highest BCUT2D eigenvalue weighted by atomic mass is 32.2. The summed E-state index contributed by atoms with van der Waals surface area (Å²) in [6.45, 7) is 0.428. The van der Waals surface area contributed by atoms with Gasteiger partial charge >= 0.3 is 7.12 Å². The lowest BCUT2D eigenvalue weighted by molar-refractivity contribution is 0.275. The number of fused-ring (bicyclic) bond motifs is 1. The first-order valence-corrected chi connectivity index (χ1v) is 6.65. The van der Waals surface area contributed by atoms with E-state index in [0.717, 1.165) is 16.7 Å². The Hall–Kier alpha value is -1.50. The first-order valence-electron chi connectivity index (χ1n) is 5.84. The summed E-state index contributed by atoms with van der Waals surface area (Å²) in [4.78, 5) is 0.528. The summed E-state index contributed by atoms with van der Waals surface area (Å²) in [5, 5.41) is 9.62. The van der Waals surface area contributed by atoms with Gasteiger partial charge in [0.1, 0.15) is 5.82 Å². The molecule has 96 valence electrons. The molecule has 6 heteroatoms. The molecule has 0 aromatic heterocycles. The molecule has 0 fully saturated rings. The molecule has 0 unspecified atom stereocenters. The summed E-state index contributed by atoms with van der Waals surface area (Å²) in [6, 6.07) is 12.2. The van der Waals surface area contributed by atoms with Crippen molar-refractivity contribution >= 4 is 30.2 Å². The Balaban J connectivity index is 1.75. The normalized spacial score (nSPS) is 13.5. The van der Waals surface area contributed by atoms with E-state index in [1.165, 1.54) is 18.0 Å². The standard InChI is InChI=1S/C13H11BFNO2S/c15-12-3-1-2-4-13(12)19-16-10-6-5-9-8-18-14(17)11(9)7-10/h1-7,16-17H,8H2. The number of hydrogen-bond acceptors (Lipinski definition) is 4. The number of nitrogens with one attached hydrogen (secondary N) is 1. The number of anilines is 1. The topological polar surface area (TPSA) is 41.5 Å². The molecule has 0 saturated heterocycles. The molecule has 3 rings (SSSR count). The first-order chi connectivity index (χ1) is 9.24. The number of rotatable bonds is 3. The quantitative estimate of drug-likeness (QED) is 0.665. The summed E-state index contributed by atoms with van der Waals surface area (Å²) in [5.41, 5.74) is 2.55. The minimum Gasteiger partial charge on any atom is -0.423 e. The van der Waals surface area contributed by atoms with E-state index < -0.39 is 7.12 Å². The van der Waals surface area contributed by atoms with Crippen LogP contribution in [0, 0.1) is 5.82 Å². The molecule has 2 aromatic rings. The third kappa shape index (κ3) is 2.61. The SMILES string of the molecule is OB1OCc2ccc(NSc3ccccc3F)cc21. The van der Waals surface area contributed by atoms with Gasteiger partial charge in [-0.05, 0) is 47.2 Å². The van der Waals surface area contributed by atoms with Crippen LogP contribution < -0.4 is 10.2 Å². The Kier molecular flexibility index (Phi) is 3.46. The summed E-state index contributed by atoms with van der Waals surface area (Å²) in [6.07, 6.45) is 0. The van der Waals surface area contributed by atoms with E-state index in [2.05, 4.69) is 4.72 Å². The van der Waals surface area contributed by atoms with Gasteiger partial charge in [-0.3, -0.25) is 0 Å². The second-order valence-corrected chi connectivity index (χ2v) is 5.06. The molecule has 0 saturated carbocycles. The third-order valence-electron chi connectivity index (χ3n) is 2.92. The Morgan fingerprint density at radius 2 is 2.11 bits per heavy atom.